The highest BCUT2D eigenvalue weighted by Gasteiger charge is 2.19. The Morgan fingerprint density at radius 2 is 1.84 bits per heavy atom. The summed E-state index contributed by atoms with van der Waals surface area (Å²) in [5.74, 6) is -1.09. The molecule has 25 heavy (non-hydrogen) atoms. The molecule has 0 saturated heterocycles. The molecule has 0 heterocycles. The molecule has 0 aliphatic rings. The fourth-order valence-electron chi connectivity index (χ4n) is 2.17. The van der Waals surface area contributed by atoms with E-state index in [1.807, 2.05) is 6.92 Å². The van der Waals surface area contributed by atoms with Crippen molar-refractivity contribution in [3.05, 3.63) is 58.1 Å². The van der Waals surface area contributed by atoms with Crippen molar-refractivity contribution in [3.8, 4) is 5.75 Å². The number of carbonyl (C=O) groups is 1. The lowest BCUT2D eigenvalue weighted by Gasteiger charge is -2.11. The van der Waals surface area contributed by atoms with Gasteiger partial charge < -0.3 is 10.1 Å². The van der Waals surface area contributed by atoms with Gasteiger partial charge >= 0.3 is 0 Å². The van der Waals surface area contributed by atoms with E-state index in [4.69, 9.17) is 27.9 Å². The number of rotatable bonds is 7. The van der Waals surface area contributed by atoms with Crippen molar-refractivity contribution >= 4 is 44.6 Å². The van der Waals surface area contributed by atoms with Gasteiger partial charge in [0, 0.05) is 0 Å². The molecule has 2 aromatic carbocycles. The number of benzene rings is 2. The Labute approximate surface area is 156 Å². The minimum Gasteiger partial charge on any atom is -0.492 e. The summed E-state index contributed by atoms with van der Waals surface area (Å²) in [5.41, 5.74) is 0.899. The van der Waals surface area contributed by atoms with Gasteiger partial charge in [0.2, 0.25) is 5.91 Å². The van der Waals surface area contributed by atoms with Gasteiger partial charge in [0.05, 0.1) is 28.1 Å². The summed E-state index contributed by atoms with van der Waals surface area (Å²) >= 11 is 11.7. The van der Waals surface area contributed by atoms with E-state index in [0.717, 1.165) is 0 Å². The standard InChI is InChI=1S/C17H17Cl2NO4S/c1-2-24-16-6-4-3-5-15(16)20-17(21)11-25(22,23)10-12-7-8-13(18)14(19)9-12/h3-9H,2,10-11H2,1H3,(H,20,21). The zero-order chi connectivity index (χ0) is 18.4. The van der Waals surface area contributed by atoms with Gasteiger partial charge in [-0.3, -0.25) is 4.79 Å². The fourth-order valence-corrected chi connectivity index (χ4v) is 3.75. The van der Waals surface area contributed by atoms with Crippen LogP contribution in [0.3, 0.4) is 0 Å². The van der Waals surface area contributed by atoms with Gasteiger partial charge in [-0.1, -0.05) is 41.4 Å². The van der Waals surface area contributed by atoms with E-state index in [1.54, 1.807) is 30.3 Å². The SMILES string of the molecule is CCOc1ccccc1NC(=O)CS(=O)(=O)Cc1ccc(Cl)c(Cl)c1. The summed E-state index contributed by atoms with van der Waals surface area (Å²) < 4.78 is 29.9. The van der Waals surface area contributed by atoms with Crippen molar-refractivity contribution in [1.82, 2.24) is 0 Å². The maximum Gasteiger partial charge on any atom is 0.239 e. The second kappa shape index (κ2) is 8.56. The fraction of sp³-hybridized carbons (Fsp3) is 0.235. The Hall–Kier alpha value is -1.76. The van der Waals surface area contributed by atoms with Gasteiger partial charge in [0.25, 0.3) is 0 Å². The summed E-state index contributed by atoms with van der Waals surface area (Å²) in [5, 5.41) is 3.18. The molecule has 0 spiro atoms. The van der Waals surface area contributed by atoms with Crippen LogP contribution in [0.25, 0.3) is 0 Å². The van der Waals surface area contributed by atoms with Gasteiger partial charge in [0.1, 0.15) is 11.5 Å². The van der Waals surface area contributed by atoms with Crippen LogP contribution in [-0.2, 0) is 20.4 Å². The second-order valence-electron chi connectivity index (χ2n) is 5.26. The first-order chi connectivity index (χ1) is 11.8. The molecule has 0 atom stereocenters. The van der Waals surface area contributed by atoms with E-state index < -0.39 is 21.5 Å². The average molecular weight is 402 g/mol. The van der Waals surface area contributed by atoms with E-state index in [1.165, 1.54) is 12.1 Å². The molecule has 0 unspecified atom stereocenters. The molecular weight excluding hydrogens is 385 g/mol. The third-order valence-corrected chi connectivity index (χ3v) is 5.40. The van der Waals surface area contributed by atoms with Crippen LogP contribution in [0.1, 0.15) is 12.5 Å². The number of hydrogen-bond donors (Lipinski definition) is 1. The van der Waals surface area contributed by atoms with Crippen molar-refractivity contribution in [2.24, 2.45) is 0 Å². The molecule has 0 saturated carbocycles. The molecule has 0 aliphatic carbocycles. The highest BCUT2D eigenvalue weighted by molar-refractivity contribution is 7.91. The molecule has 0 fully saturated rings. The first-order valence-electron chi connectivity index (χ1n) is 7.47. The van der Waals surface area contributed by atoms with Crippen LogP contribution in [-0.4, -0.2) is 26.7 Å². The van der Waals surface area contributed by atoms with Gasteiger partial charge in [0.15, 0.2) is 9.84 Å². The number of para-hydroxylation sites is 2. The lowest BCUT2D eigenvalue weighted by Crippen LogP contribution is -2.24. The third kappa shape index (κ3) is 5.92. The van der Waals surface area contributed by atoms with E-state index in [9.17, 15) is 13.2 Å². The van der Waals surface area contributed by atoms with Gasteiger partial charge in [-0.05, 0) is 36.8 Å². The molecule has 2 aromatic rings. The number of ether oxygens (including phenoxy) is 1. The van der Waals surface area contributed by atoms with E-state index >= 15 is 0 Å². The average Bonchev–Trinajstić information content (AvgIpc) is 2.52. The maximum atomic E-state index is 12.2. The van der Waals surface area contributed by atoms with Crippen LogP contribution in [0.4, 0.5) is 5.69 Å². The molecule has 2 rings (SSSR count). The molecule has 5 nitrogen and oxygen atoms in total. The van der Waals surface area contributed by atoms with E-state index in [2.05, 4.69) is 5.32 Å². The largest absolute Gasteiger partial charge is 0.492 e. The van der Waals surface area contributed by atoms with Gasteiger partial charge in [-0.25, -0.2) is 8.42 Å². The maximum absolute atomic E-state index is 12.2. The first-order valence-corrected chi connectivity index (χ1v) is 10.0. The minimum atomic E-state index is -3.66. The molecular formula is C17H17Cl2NO4S. The summed E-state index contributed by atoms with van der Waals surface area (Å²) in [4.78, 5) is 12.1. The number of halogens is 2. The number of amides is 1. The predicted octanol–water partition coefficient (Wildman–Crippen LogP) is 3.95. The van der Waals surface area contributed by atoms with Crippen molar-refractivity contribution < 1.29 is 17.9 Å². The highest BCUT2D eigenvalue weighted by atomic mass is 35.5. The number of anilines is 1. The number of hydrogen-bond acceptors (Lipinski definition) is 4. The molecule has 1 amide bonds. The molecule has 0 radical (unpaired) electrons. The third-order valence-electron chi connectivity index (χ3n) is 3.18. The van der Waals surface area contributed by atoms with Crippen molar-refractivity contribution in [3.63, 3.8) is 0 Å². The Morgan fingerprint density at radius 3 is 2.52 bits per heavy atom. The second-order valence-corrected chi connectivity index (χ2v) is 8.14. The normalized spacial score (nSPS) is 11.2. The highest BCUT2D eigenvalue weighted by Crippen LogP contribution is 2.25. The molecule has 0 aromatic heterocycles. The molecule has 134 valence electrons. The van der Waals surface area contributed by atoms with Crippen LogP contribution in [0.5, 0.6) is 5.75 Å². The summed E-state index contributed by atoms with van der Waals surface area (Å²) in [6, 6.07) is 11.4. The first kappa shape index (κ1) is 19.6. The van der Waals surface area contributed by atoms with Crippen LogP contribution in [0.2, 0.25) is 10.0 Å². The topological polar surface area (TPSA) is 72.5 Å². The van der Waals surface area contributed by atoms with Crippen molar-refractivity contribution in [1.29, 1.82) is 0 Å². The quantitative estimate of drug-likeness (QED) is 0.762. The predicted molar refractivity (Wildman–Crippen MR) is 100 cm³/mol. The van der Waals surface area contributed by atoms with Crippen molar-refractivity contribution in [2.75, 3.05) is 17.7 Å². The Bertz CT molecular complexity index is 869. The van der Waals surface area contributed by atoms with Gasteiger partial charge in [-0.2, -0.15) is 0 Å². The lowest BCUT2D eigenvalue weighted by atomic mass is 10.2. The monoisotopic (exact) mass is 401 g/mol. The lowest BCUT2D eigenvalue weighted by molar-refractivity contribution is -0.113. The zero-order valence-electron chi connectivity index (χ0n) is 13.5. The van der Waals surface area contributed by atoms with Crippen LogP contribution >= 0.6 is 23.2 Å². The van der Waals surface area contributed by atoms with E-state index in [0.29, 0.717) is 28.6 Å². The summed E-state index contributed by atoms with van der Waals surface area (Å²) in [7, 11) is -3.66. The Kier molecular flexibility index (Phi) is 6.70. The number of carbonyl (C=O) groups excluding carboxylic acids is 1. The van der Waals surface area contributed by atoms with Crippen LogP contribution in [0.15, 0.2) is 42.5 Å². The molecule has 1 N–H and O–H groups in total. The minimum absolute atomic E-state index is 0.268. The van der Waals surface area contributed by atoms with Crippen LogP contribution in [0, 0.1) is 0 Å². The molecule has 8 heteroatoms. The Balaban J connectivity index is 2.05. The molecule has 0 aliphatic heterocycles. The summed E-state index contributed by atoms with van der Waals surface area (Å²) in [6.07, 6.45) is 0. The Morgan fingerprint density at radius 1 is 1.12 bits per heavy atom. The van der Waals surface area contributed by atoms with Crippen molar-refractivity contribution in [2.45, 2.75) is 12.7 Å². The molecule has 0 bridgehead atoms. The van der Waals surface area contributed by atoms with E-state index in [-0.39, 0.29) is 10.8 Å². The zero-order valence-corrected chi connectivity index (χ0v) is 15.8. The number of nitrogens with one attached hydrogen (secondary N) is 1. The summed E-state index contributed by atoms with van der Waals surface area (Å²) in [6.45, 7) is 2.25. The van der Waals surface area contributed by atoms with Crippen LogP contribution < -0.4 is 10.1 Å². The number of sulfone groups is 1. The smallest absolute Gasteiger partial charge is 0.239 e. The van der Waals surface area contributed by atoms with Gasteiger partial charge in [-0.15, -0.1) is 0 Å².